The quantitative estimate of drug-likeness (QED) is 0.678. The lowest BCUT2D eigenvalue weighted by Crippen LogP contribution is -2.35. The van der Waals surface area contributed by atoms with Gasteiger partial charge in [0.1, 0.15) is 0 Å². The molecule has 0 radical (unpaired) electrons. The van der Waals surface area contributed by atoms with E-state index >= 15 is 0 Å². The van der Waals surface area contributed by atoms with Crippen molar-refractivity contribution in [1.29, 1.82) is 0 Å². The zero-order valence-corrected chi connectivity index (χ0v) is 10.4. The number of nitrogens with zero attached hydrogens (tertiary/aromatic N) is 1. The molecule has 15 heavy (non-hydrogen) atoms. The average molecular weight is 215 g/mol. The van der Waals surface area contributed by atoms with Gasteiger partial charge in [-0.1, -0.05) is 6.92 Å². The van der Waals surface area contributed by atoms with E-state index in [0.717, 1.165) is 32.7 Å². The Morgan fingerprint density at radius 2 is 2.20 bits per heavy atom. The summed E-state index contributed by atoms with van der Waals surface area (Å²) in [5.74, 6) is 0. The summed E-state index contributed by atoms with van der Waals surface area (Å²) in [6.07, 6.45) is 3.55. The summed E-state index contributed by atoms with van der Waals surface area (Å²) >= 11 is 0. The van der Waals surface area contributed by atoms with Crippen molar-refractivity contribution in [2.24, 2.45) is 0 Å². The largest absolute Gasteiger partial charge is 0.353 e. The molecular formula is C12H25NO2. The molecule has 3 heteroatoms. The Morgan fingerprint density at radius 3 is 2.73 bits per heavy atom. The fraction of sp³-hybridized carbons (Fsp3) is 1.00. The van der Waals surface area contributed by atoms with E-state index in [4.69, 9.17) is 9.47 Å². The summed E-state index contributed by atoms with van der Waals surface area (Å²) in [6.45, 7) is 10.4. The van der Waals surface area contributed by atoms with Crippen LogP contribution in [0.15, 0.2) is 0 Å². The Labute approximate surface area is 93.7 Å². The number of ether oxygens (including phenoxy) is 2. The number of likely N-dealkylation sites (N-methyl/N-ethyl adjacent to an activating group) is 1. The molecule has 1 atom stereocenters. The summed E-state index contributed by atoms with van der Waals surface area (Å²) < 4.78 is 11.2. The maximum Gasteiger partial charge on any atom is 0.157 e. The number of hydrogen-bond acceptors (Lipinski definition) is 3. The lowest BCUT2D eigenvalue weighted by Gasteiger charge is -2.27. The van der Waals surface area contributed by atoms with Gasteiger partial charge in [0.25, 0.3) is 0 Å². The molecule has 0 spiro atoms. The Kier molecular flexibility index (Phi) is 6.22. The predicted molar refractivity (Wildman–Crippen MR) is 61.9 cm³/mol. The molecule has 0 aromatic rings. The van der Waals surface area contributed by atoms with Crippen molar-refractivity contribution < 1.29 is 9.47 Å². The summed E-state index contributed by atoms with van der Waals surface area (Å²) in [4.78, 5) is 2.41. The maximum atomic E-state index is 5.70. The first-order valence-corrected chi connectivity index (χ1v) is 6.21. The van der Waals surface area contributed by atoms with Gasteiger partial charge in [-0.3, -0.25) is 4.90 Å². The highest BCUT2D eigenvalue weighted by molar-refractivity contribution is 4.60. The van der Waals surface area contributed by atoms with E-state index < -0.39 is 0 Å². The number of rotatable bonds is 6. The van der Waals surface area contributed by atoms with Crippen molar-refractivity contribution in [3.63, 3.8) is 0 Å². The molecule has 0 aliphatic carbocycles. The second kappa shape index (κ2) is 7.20. The fourth-order valence-electron chi connectivity index (χ4n) is 1.93. The van der Waals surface area contributed by atoms with Crippen molar-refractivity contribution in [3.8, 4) is 0 Å². The fourth-order valence-corrected chi connectivity index (χ4v) is 1.93. The van der Waals surface area contributed by atoms with Crippen molar-refractivity contribution in [3.05, 3.63) is 0 Å². The van der Waals surface area contributed by atoms with Gasteiger partial charge in [-0.2, -0.15) is 0 Å². The van der Waals surface area contributed by atoms with Crippen LogP contribution in [0.4, 0.5) is 0 Å². The van der Waals surface area contributed by atoms with Gasteiger partial charge in [0, 0.05) is 19.2 Å². The van der Waals surface area contributed by atoms with Crippen LogP contribution in [-0.2, 0) is 9.47 Å². The molecule has 1 heterocycles. The summed E-state index contributed by atoms with van der Waals surface area (Å²) in [7, 11) is 0. The highest BCUT2D eigenvalue weighted by Gasteiger charge is 2.14. The monoisotopic (exact) mass is 215 g/mol. The Bertz CT molecular complexity index is 156. The van der Waals surface area contributed by atoms with Gasteiger partial charge in [0.15, 0.2) is 6.29 Å². The molecular weight excluding hydrogens is 190 g/mol. The molecule has 0 bridgehead atoms. The Hall–Kier alpha value is -0.120. The Balaban J connectivity index is 2.08. The number of hydrogen-bond donors (Lipinski definition) is 0. The molecule has 0 aromatic carbocycles. The predicted octanol–water partition coefficient (Wildman–Crippen LogP) is 2.26. The second-order valence-corrected chi connectivity index (χ2v) is 4.39. The van der Waals surface area contributed by atoms with Gasteiger partial charge in [-0.05, 0) is 39.7 Å². The minimum atomic E-state index is 0.0598. The van der Waals surface area contributed by atoms with Crippen LogP contribution in [0.5, 0.6) is 0 Å². The third kappa shape index (κ3) is 4.96. The molecule has 3 nitrogen and oxygen atoms in total. The van der Waals surface area contributed by atoms with Crippen molar-refractivity contribution in [1.82, 2.24) is 4.90 Å². The molecule has 0 N–H and O–H groups in total. The Morgan fingerprint density at radius 1 is 1.40 bits per heavy atom. The highest BCUT2D eigenvalue weighted by Crippen LogP contribution is 2.13. The first-order valence-electron chi connectivity index (χ1n) is 6.21. The topological polar surface area (TPSA) is 21.7 Å². The van der Waals surface area contributed by atoms with Gasteiger partial charge in [-0.25, -0.2) is 0 Å². The smallest absolute Gasteiger partial charge is 0.157 e. The second-order valence-electron chi connectivity index (χ2n) is 4.39. The SMILES string of the molecule is CCN(CCOC1CCCCO1)C(C)C. The lowest BCUT2D eigenvalue weighted by atomic mass is 10.2. The third-order valence-corrected chi connectivity index (χ3v) is 2.96. The molecule has 0 amide bonds. The molecule has 1 rings (SSSR count). The summed E-state index contributed by atoms with van der Waals surface area (Å²) in [5.41, 5.74) is 0. The van der Waals surface area contributed by atoms with Crippen LogP contribution in [0.1, 0.15) is 40.0 Å². The summed E-state index contributed by atoms with van der Waals surface area (Å²) in [6, 6.07) is 0.603. The van der Waals surface area contributed by atoms with Gasteiger partial charge in [-0.15, -0.1) is 0 Å². The van der Waals surface area contributed by atoms with Gasteiger partial charge < -0.3 is 9.47 Å². The molecule has 1 fully saturated rings. The molecule has 1 unspecified atom stereocenters. The highest BCUT2D eigenvalue weighted by atomic mass is 16.7. The van der Waals surface area contributed by atoms with E-state index in [1.54, 1.807) is 0 Å². The van der Waals surface area contributed by atoms with Gasteiger partial charge >= 0.3 is 0 Å². The van der Waals surface area contributed by atoms with E-state index in [9.17, 15) is 0 Å². The van der Waals surface area contributed by atoms with Crippen molar-refractivity contribution in [2.75, 3.05) is 26.3 Å². The van der Waals surface area contributed by atoms with Crippen LogP contribution < -0.4 is 0 Å². The van der Waals surface area contributed by atoms with Crippen LogP contribution in [0.25, 0.3) is 0 Å². The van der Waals surface area contributed by atoms with Crippen molar-refractivity contribution in [2.45, 2.75) is 52.4 Å². The first kappa shape index (κ1) is 12.9. The molecule has 1 aliphatic rings. The van der Waals surface area contributed by atoms with E-state index in [0.29, 0.717) is 6.04 Å². The maximum absolute atomic E-state index is 5.70. The minimum absolute atomic E-state index is 0.0598. The molecule has 0 aromatic heterocycles. The molecule has 90 valence electrons. The lowest BCUT2D eigenvalue weighted by molar-refractivity contribution is -0.164. The van der Waals surface area contributed by atoms with Crippen LogP contribution in [0.3, 0.4) is 0 Å². The van der Waals surface area contributed by atoms with Gasteiger partial charge in [0.05, 0.1) is 6.61 Å². The van der Waals surface area contributed by atoms with E-state index in [2.05, 4.69) is 25.7 Å². The van der Waals surface area contributed by atoms with Crippen LogP contribution in [0.2, 0.25) is 0 Å². The standard InChI is InChI=1S/C12H25NO2/c1-4-13(11(2)3)8-10-15-12-7-5-6-9-14-12/h11-12H,4-10H2,1-3H3. The first-order chi connectivity index (χ1) is 7.24. The van der Waals surface area contributed by atoms with Crippen LogP contribution >= 0.6 is 0 Å². The van der Waals surface area contributed by atoms with E-state index in [1.165, 1.54) is 12.8 Å². The van der Waals surface area contributed by atoms with Crippen molar-refractivity contribution >= 4 is 0 Å². The minimum Gasteiger partial charge on any atom is -0.353 e. The van der Waals surface area contributed by atoms with Gasteiger partial charge in [0.2, 0.25) is 0 Å². The molecule has 0 saturated carbocycles. The average Bonchev–Trinajstić information content (AvgIpc) is 2.25. The van der Waals surface area contributed by atoms with Crippen LogP contribution in [0, 0.1) is 0 Å². The molecule has 1 aliphatic heterocycles. The van der Waals surface area contributed by atoms with E-state index in [-0.39, 0.29) is 6.29 Å². The normalized spacial score (nSPS) is 22.6. The molecule has 1 saturated heterocycles. The summed E-state index contributed by atoms with van der Waals surface area (Å²) in [5, 5.41) is 0. The van der Waals surface area contributed by atoms with E-state index in [1.807, 2.05) is 0 Å². The third-order valence-electron chi connectivity index (χ3n) is 2.96. The van der Waals surface area contributed by atoms with Crippen LogP contribution in [-0.4, -0.2) is 43.5 Å². The zero-order valence-electron chi connectivity index (χ0n) is 10.4. The zero-order chi connectivity index (χ0) is 11.1.